The summed E-state index contributed by atoms with van der Waals surface area (Å²) >= 11 is 0. The smallest absolute Gasteiger partial charge is 0.179 e. The van der Waals surface area contributed by atoms with Crippen LogP contribution in [0, 0.1) is 0 Å². The lowest BCUT2D eigenvalue weighted by molar-refractivity contribution is 0.371. The van der Waals surface area contributed by atoms with Crippen LogP contribution in [0.1, 0.15) is 5.56 Å². The molecule has 0 aliphatic rings. The molecule has 0 aliphatic carbocycles. The Bertz CT molecular complexity index is 744. The quantitative estimate of drug-likeness (QED) is 0.876. The minimum absolute atomic E-state index is 0.0179. The lowest BCUT2D eigenvalue weighted by Crippen LogP contribution is -2.08. The van der Waals surface area contributed by atoms with E-state index in [2.05, 4.69) is 10.3 Å². The number of anilines is 1. The molecule has 0 radical (unpaired) electrons. The van der Waals surface area contributed by atoms with E-state index in [9.17, 15) is 13.5 Å². The van der Waals surface area contributed by atoms with Gasteiger partial charge in [-0.05, 0) is 18.2 Å². The minimum atomic E-state index is -3.37. The van der Waals surface area contributed by atoms with E-state index in [-0.39, 0.29) is 23.0 Å². The molecule has 0 spiro atoms. The second kappa shape index (κ2) is 6.01. The van der Waals surface area contributed by atoms with Crippen molar-refractivity contribution in [3.8, 4) is 11.5 Å². The first-order valence-electron chi connectivity index (χ1n) is 6.17. The van der Waals surface area contributed by atoms with Gasteiger partial charge in [0, 0.05) is 24.6 Å². The van der Waals surface area contributed by atoms with E-state index in [4.69, 9.17) is 4.74 Å². The summed E-state index contributed by atoms with van der Waals surface area (Å²) in [5.41, 5.74) is 0.583. The molecule has 21 heavy (non-hydrogen) atoms. The van der Waals surface area contributed by atoms with Gasteiger partial charge in [0.1, 0.15) is 10.7 Å². The molecule has 0 bridgehead atoms. The highest BCUT2D eigenvalue weighted by Gasteiger charge is 2.14. The average molecular weight is 308 g/mol. The van der Waals surface area contributed by atoms with Gasteiger partial charge < -0.3 is 15.2 Å². The van der Waals surface area contributed by atoms with Crippen LogP contribution >= 0.6 is 0 Å². The van der Waals surface area contributed by atoms with Crippen molar-refractivity contribution in [3.63, 3.8) is 0 Å². The summed E-state index contributed by atoms with van der Waals surface area (Å²) in [6, 6.07) is 8.14. The number of nitrogens with one attached hydrogen (secondary N) is 1. The number of hydrogen-bond donors (Lipinski definition) is 2. The third-order valence-corrected chi connectivity index (χ3v) is 4.05. The summed E-state index contributed by atoms with van der Waals surface area (Å²) in [4.78, 5) is 4.15. The summed E-state index contributed by atoms with van der Waals surface area (Å²) in [6.07, 6.45) is 2.63. The molecule has 0 saturated heterocycles. The van der Waals surface area contributed by atoms with Gasteiger partial charge in [0.05, 0.1) is 7.11 Å². The monoisotopic (exact) mass is 308 g/mol. The highest BCUT2D eigenvalue weighted by atomic mass is 32.2. The fraction of sp³-hybridized carbons (Fsp3) is 0.214. The third-order valence-electron chi connectivity index (χ3n) is 2.92. The summed E-state index contributed by atoms with van der Waals surface area (Å²) < 4.78 is 28.4. The highest BCUT2D eigenvalue weighted by molar-refractivity contribution is 7.90. The predicted molar refractivity (Wildman–Crippen MR) is 79.3 cm³/mol. The molecule has 1 aromatic carbocycles. The Kier molecular flexibility index (Phi) is 4.32. The Balaban J connectivity index is 2.26. The molecular weight excluding hydrogens is 292 g/mol. The van der Waals surface area contributed by atoms with Crippen LogP contribution < -0.4 is 10.1 Å². The number of phenolic OH excluding ortho intramolecular Hbond substituents is 1. The first-order valence-corrected chi connectivity index (χ1v) is 8.06. The number of pyridine rings is 1. The molecule has 1 heterocycles. The van der Waals surface area contributed by atoms with Gasteiger partial charge in [-0.3, -0.25) is 0 Å². The first kappa shape index (κ1) is 15.1. The second-order valence-electron chi connectivity index (χ2n) is 4.44. The zero-order valence-electron chi connectivity index (χ0n) is 11.7. The Morgan fingerprint density at radius 1 is 1.29 bits per heavy atom. The summed E-state index contributed by atoms with van der Waals surface area (Å²) in [7, 11) is -1.91. The Morgan fingerprint density at radius 2 is 2.05 bits per heavy atom. The molecule has 112 valence electrons. The van der Waals surface area contributed by atoms with E-state index >= 15 is 0 Å². The first-order chi connectivity index (χ1) is 9.93. The van der Waals surface area contributed by atoms with Crippen LogP contribution in [0.2, 0.25) is 0 Å². The number of nitrogens with zero attached hydrogens (tertiary/aromatic N) is 1. The minimum Gasteiger partial charge on any atom is -0.504 e. The molecule has 7 heteroatoms. The van der Waals surface area contributed by atoms with Gasteiger partial charge in [0.2, 0.25) is 0 Å². The summed E-state index contributed by atoms with van der Waals surface area (Å²) in [5.74, 6) is 0.630. The van der Waals surface area contributed by atoms with Crippen LogP contribution in [-0.4, -0.2) is 31.9 Å². The van der Waals surface area contributed by atoms with Gasteiger partial charge in [-0.25, -0.2) is 13.4 Å². The molecule has 2 N–H and O–H groups in total. The van der Waals surface area contributed by atoms with Crippen molar-refractivity contribution >= 4 is 15.7 Å². The zero-order chi connectivity index (χ0) is 15.5. The number of sulfone groups is 1. The molecule has 0 atom stereocenters. The van der Waals surface area contributed by atoms with Crippen LogP contribution in [0.4, 0.5) is 5.82 Å². The number of rotatable bonds is 5. The van der Waals surface area contributed by atoms with E-state index in [1.165, 1.54) is 19.4 Å². The maximum absolute atomic E-state index is 11.7. The molecular formula is C14H16N2O4S. The largest absolute Gasteiger partial charge is 0.504 e. The van der Waals surface area contributed by atoms with Crippen molar-refractivity contribution in [1.29, 1.82) is 0 Å². The Labute approximate surface area is 123 Å². The van der Waals surface area contributed by atoms with Gasteiger partial charge >= 0.3 is 0 Å². The van der Waals surface area contributed by atoms with Crippen LogP contribution in [0.5, 0.6) is 11.5 Å². The number of para-hydroxylation sites is 1. The molecule has 2 rings (SSSR count). The van der Waals surface area contributed by atoms with Gasteiger partial charge in [-0.2, -0.15) is 0 Å². The Morgan fingerprint density at radius 3 is 2.71 bits per heavy atom. The predicted octanol–water partition coefficient (Wildman–Crippen LogP) is 1.81. The highest BCUT2D eigenvalue weighted by Crippen LogP contribution is 2.30. The van der Waals surface area contributed by atoms with E-state index in [0.29, 0.717) is 11.3 Å². The van der Waals surface area contributed by atoms with Gasteiger partial charge in [0.15, 0.2) is 21.3 Å². The van der Waals surface area contributed by atoms with E-state index in [1.54, 1.807) is 24.3 Å². The van der Waals surface area contributed by atoms with Gasteiger partial charge in [-0.15, -0.1) is 0 Å². The maximum atomic E-state index is 11.7. The molecule has 1 aromatic heterocycles. The lowest BCUT2D eigenvalue weighted by Gasteiger charge is -2.12. The maximum Gasteiger partial charge on any atom is 0.179 e. The number of ether oxygens (including phenoxy) is 1. The Hall–Kier alpha value is -2.28. The van der Waals surface area contributed by atoms with E-state index in [1.807, 2.05) is 0 Å². The number of methoxy groups -OCH3 is 1. The second-order valence-corrected chi connectivity index (χ2v) is 6.43. The molecule has 0 amide bonds. The summed E-state index contributed by atoms with van der Waals surface area (Å²) in [6.45, 7) is 0.225. The van der Waals surface area contributed by atoms with Crippen LogP contribution in [0.25, 0.3) is 0 Å². The average Bonchev–Trinajstić information content (AvgIpc) is 2.45. The molecule has 2 aromatic rings. The van der Waals surface area contributed by atoms with Crippen molar-refractivity contribution in [2.45, 2.75) is 11.4 Å². The SMILES string of the molecule is COc1cccc(CNc2ncccc2S(C)(=O)=O)c1O. The molecule has 0 unspecified atom stereocenters. The molecule has 0 fully saturated rings. The normalized spacial score (nSPS) is 11.1. The number of aromatic hydroxyl groups is 1. The zero-order valence-corrected chi connectivity index (χ0v) is 12.5. The van der Waals surface area contributed by atoms with Crippen molar-refractivity contribution in [3.05, 3.63) is 42.1 Å². The van der Waals surface area contributed by atoms with Crippen molar-refractivity contribution in [2.75, 3.05) is 18.7 Å². The number of aromatic nitrogens is 1. The van der Waals surface area contributed by atoms with Crippen molar-refractivity contribution < 1.29 is 18.3 Å². The molecule has 6 nitrogen and oxygen atoms in total. The van der Waals surface area contributed by atoms with Gasteiger partial charge in [0.25, 0.3) is 0 Å². The van der Waals surface area contributed by atoms with Crippen molar-refractivity contribution in [2.24, 2.45) is 0 Å². The lowest BCUT2D eigenvalue weighted by atomic mass is 10.2. The fourth-order valence-electron chi connectivity index (χ4n) is 1.88. The topological polar surface area (TPSA) is 88.5 Å². The van der Waals surface area contributed by atoms with Crippen LogP contribution in [-0.2, 0) is 16.4 Å². The summed E-state index contributed by atoms with van der Waals surface area (Å²) in [5, 5.41) is 12.9. The fourth-order valence-corrected chi connectivity index (χ4v) is 2.68. The standard InChI is InChI=1S/C14H16N2O4S/c1-20-11-6-3-5-10(13(11)17)9-16-14-12(21(2,18)19)7-4-8-15-14/h3-8,17H,9H2,1-2H3,(H,15,16). The van der Waals surface area contributed by atoms with Gasteiger partial charge in [-0.1, -0.05) is 12.1 Å². The molecule has 0 aliphatic heterocycles. The number of hydrogen-bond acceptors (Lipinski definition) is 6. The third kappa shape index (κ3) is 3.43. The molecule has 0 saturated carbocycles. The van der Waals surface area contributed by atoms with Crippen LogP contribution in [0.15, 0.2) is 41.4 Å². The van der Waals surface area contributed by atoms with Crippen molar-refractivity contribution in [1.82, 2.24) is 4.98 Å². The van der Waals surface area contributed by atoms with E-state index in [0.717, 1.165) is 6.26 Å². The number of phenols is 1. The number of benzene rings is 1. The van der Waals surface area contributed by atoms with E-state index < -0.39 is 9.84 Å². The van der Waals surface area contributed by atoms with Crippen LogP contribution in [0.3, 0.4) is 0 Å².